The molecule has 0 saturated heterocycles. The lowest BCUT2D eigenvalue weighted by Gasteiger charge is -2.12. The highest BCUT2D eigenvalue weighted by Crippen LogP contribution is 2.30. The second-order valence-electron chi connectivity index (χ2n) is 5.30. The molecule has 0 fully saturated rings. The average Bonchev–Trinajstić information content (AvgIpc) is 2.60. The summed E-state index contributed by atoms with van der Waals surface area (Å²) in [5.74, 6) is 1.34. The van der Waals surface area contributed by atoms with Crippen molar-refractivity contribution in [3.8, 4) is 11.6 Å². The highest BCUT2D eigenvalue weighted by Gasteiger charge is 2.10. The van der Waals surface area contributed by atoms with Gasteiger partial charge in [0.1, 0.15) is 12.4 Å². The number of hydrogen-bond acceptors (Lipinski definition) is 4. The molecule has 0 atom stereocenters. The Kier molecular flexibility index (Phi) is 6.61. The van der Waals surface area contributed by atoms with Crippen LogP contribution < -0.4 is 9.47 Å². The first kappa shape index (κ1) is 18.3. The van der Waals surface area contributed by atoms with Gasteiger partial charge in [0.25, 0.3) is 0 Å². The summed E-state index contributed by atoms with van der Waals surface area (Å²) in [6, 6.07) is 9.69. The maximum absolute atomic E-state index is 5.85. The highest BCUT2D eigenvalue weighted by atomic mass is 79.9. The largest absolute Gasteiger partial charge is 0.496 e. The molecule has 0 aliphatic carbocycles. The number of para-hydroxylation sites is 1. The number of hydrogen-bond donors (Lipinski definition) is 0. The summed E-state index contributed by atoms with van der Waals surface area (Å²) in [4.78, 5) is 11.0. The Bertz CT molecular complexity index is 719. The third-order valence-electron chi connectivity index (χ3n) is 3.56. The molecular weight excluding hydrogens is 370 g/mol. The van der Waals surface area contributed by atoms with Crippen molar-refractivity contribution >= 4 is 28.0 Å². The minimum atomic E-state index is 0.385. The number of aliphatic imine (C=N–C) groups is 1. The quantitative estimate of drug-likeness (QED) is 0.519. The number of halogens is 1. The molecule has 0 unspecified atom stereocenters. The maximum atomic E-state index is 5.85. The Labute approximate surface area is 151 Å². The third-order valence-corrected chi connectivity index (χ3v) is 4.13. The van der Waals surface area contributed by atoms with Gasteiger partial charge in [0.05, 0.1) is 29.3 Å². The minimum Gasteiger partial charge on any atom is -0.496 e. The fraction of sp³-hybridized carbons (Fsp3) is 0.333. The number of aromatic nitrogens is 1. The Morgan fingerprint density at radius 3 is 2.79 bits per heavy atom. The molecule has 0 N–H and O–H groups in total. The average molecular weight is 392 g/mol. The molecule has 6 heteroatoms. The van der Waals surface area contributed by atoms with Gasteiger partial charge < -0.3 is 14.4 Å². The second kappa shape index (κ2) is 8.68. The molecule has 0 saturated carbocycles. The van der Waals surface area contributed by atoms with E-state index < -0.39 is 0 Å². The minimum absolute atomic E-state index is 0.385. The van der Waals surface area contributed by atoms with Crippen molar-refractivity contribution in [1.82, 2.24) is 9.88 Å². The van der Waals surface area contributed by atoms with E-state index in [1.165, 1.54) is 0 Å². The predicted molar refractivity (Wildman–Crippen MR) is 100 cm³/mol. The van der Waals surface area contributed by atoms with Gasteiger partial charge in [-0.1, -0.05) is 18.2 Å². The summed E-state index contributed by atoms with van der Waals surface area (Å²) < 4.78 is 12.0. The van der Waals surface area contributed by atoms with Crippen LogP contribution in [-0.2, 0) is 6.61 Å². The topological polar surface area (TPSA) is 47.0 Å². The van der Waals surface area contributed by atoms with Gasteiger partial charge in [-0.25, -0.2) is 9.98 Å². The zero-order valence-electron chi connectivity index (χ0n) is 14.4. The Morgan fingerprint density at radius 2 is 2.08 bits per heavy atom. The van der Waals surface area contributed by atoms with E-state index in [2.05, 4.69) is 32.8 Å². The van der Waals surface area contributed by atoms with Gasteiger partial charge in [0, 0.05) is 19.2 Å². The Balaban J connectivity index is 2.14. The Morgan fingerprint density at radius 1 is 1.33 bits per heavy atom. The maximum Gasteiger partial charge on any atom is 0.228 e. The number of aryl methyl sites for hydroxylation is 1. The number of ether oxygens (including phenoxy) is 2. The molecule has 0 amide bonds. The molecule has 24 heavy (non-hydrogen) atoms. The predicted octanol–water partition coefficient (Wildman–Crippen LogP) is 4.35. The highest BCUT2D eigenvalue weighted by molar-refractivity contribution is 9.10. The van der Waals surface area contributed by atoms with E-state index in [-0.39, 0.29) is 0 Å². The lowest BCUT2D eigenvalue weighted by atomic mass is 10.2. The monoisotopic (exact) mass is 391 g/mol. The van der Waals surface area contributed by atoms with Gasteiger partial charge in [-0.3, -0.25) is 0 Å². The first-order chi connectivity index (χ1) is 11.5. The van der Waals surface area contributed by atoms with Crippen LogP contribution in [0.25, 0.3) is 0 Å². The number of benzene rings is 1. The van der Waals surface area contributed by atoms with Crippen molar-refractivity contribution in [3.05, 3.63) is 46.1 Å². The second-order valence-corrected chi connectivity index (χ2v) is 6.15. The number of pyridine rings is 1. The van der Waals surface area contributed by atoms with Crippen LogP contribution in [0.3, 0.4) is 0 Å². The van der Waals surface area contributed by atoms with Gasteiger partial charge in [0.2, 0.25) is 5.88 Å². The van der Waals surface area contributed by atoms with Crippen molar-refractivity contribution in [2.75, 3.05) is 20.7 Å². The molecule has 0 aliphatic rings. The molecule has 2 aromatic rings. The van der Waals surface area contributed by atoms with Crippen molar-refractivity contribution in [2.24, 2.45) is 4.99 Å². The summed E-state index contributed by atoms with van der Waals surface area (Å²) in [5, 5.41) is 0. The van der Waals surface area contributed by atoms with Crippen LogP contribution in [0, 0.1) is 6.92 Å². The fourth-order valence-corrected chi connectivity index (χ4v) is 2.41. The molecule has 1 aromatic carbocycles. The zero-order chi connectivity index (χ0) is 17.5. The summed E-state index contributed by atoms with van der Waals surface area (Å²) >= 11 is 3.51. The van der Waals surface area contributed by atoms with Crippen LogP contribution >= 0.6 is 15.9 Å². The number of nitrogens with zero attached hydrogens (tertiary/aromatic N) is 3. The molecule has 0 radical (unpaired) electrons. The molecular formula is C18H22BrN3O2. The van der Waals surface area contributed by atoms with E-state index in [4.69, 9.17) is 9.47 Å². The standard InChI is InChI=1S/C18H22BrN3O2/c1-5-22(3)12-20-16-10-15(19)18(21-13(16)2)24-11-14-8-6-7-9-17(14)23-4/h6-10,12H,5,11H2,1-4H3/b20-12+. The molecule has 1 aromatic heterocycles. The SMILES string of the molecule is CCN(C)/C=N/c1cc(Br)c(OCc2ccccc2OC)nc1C. The molecule has 5 nitrogen and oxygen atoms in total. The molecule has 0 aliphatic heterocycles. The molecule has 1 heterocycles. The smallest absolute Gasteiger partial charge is 0.228 e. The Hall–Kier alpha value is -2.08. The fourth-order valence-electron chi connectivity index (χ4n) is 1.99. The van der Waals surface area contributed by atoms with Crippen LogP contribution in [0.5, 0.6) is 11.6 Å². The van der Waals surface area contributed by atoms with Crippen LogP contribution in [-0.4, -0.2) is 36.9 Å². The van der Waals surface area contributed by atoms with Gasteiger partial charge in [-0.2, -0.15) is 0 Å². The van der Waals surface area contributed by atoms with Crippen LogP contribution in [0.15, 0.2) is 39.8 Å². The summed E-state index contributed by atoms with van der Waals surface area (Å²) in [6.07, 6.45) is 1.80. The van der Waals surface area contributed by atoms with Crippen molar-refractivity contribution in [1.29, 1.82) is 0 Å². The van der Waals surface area contributed by atoms with E-state index in [9.17, 15) is 0 Å². The first-order valence-corrected chi connectivity index (χ1v) is 8.50. The lowest BCUT2D eigenvalue weighted by Crippen LogP contribution is -2.14. The van der Waals surface area contributed by atoms with Gasteiger partial charge in [0.15, 0.2) is 0 Å². The molecule has 2 rings (SSSR count). The van der Waals surface area contributed by atoms with Gasteiger partial charge >= 0.3 is 0 Å². The van der Waals surface area contributed by atoms with Crippen molar-refractivity contribution in [2.45, 2.75) is 20.5 Å². The van der Waals surface area contributed by atoms with E-state index in [0.717, 1.165) is 33.7 Å². The third kappa shape index (κ3) is 4.71. The van der Waals surface area contributed by atoms with Crippen LogP contribution in [0.1, 0.15) is 18.2 Å². The van der Waals surface area contributed by atoms with E-state index in [0.29, 0.717) is 12.5 Å². The molecule has 0 spiro atoms. The van der Waals surface area contributed by atoms with Gasteiger partial charge in [-0.15, -0.1) is 0 Å². The molecule has 128 valence electrons. The van der Waals surface area contributed by atoms with E-state index in [1.54, 1.807) is 13.4 Å². The van der Waals surface area contributed by atoms with Gasteiger partial charge in [-0.05, 0) is 41.9 Å². The number of rotatable bonds is 7. The lowest BCUT2D eigenvalue weighted by molar-refractivity contribution is 0.283. The normalized spacial score (nSPS) is 10.9. The van der Waals surface area contributed by atoms with Crippen molar-refractivity contribution in [3.63, 3.8) is 0 Å². The molecule has 0 bridgehead atoms. The van der Waals surface area contributed by atoms with Crippen LogP contribution in [0.2, 0.25) is 0 Å². The van der Waals surface area contributed by atoms with Crippen molar-refractivity contribution < 1.29 is 9.47 Å². The summed E-state index contributed by atoms with van der Waals surface area (Å²) in [6.45, 7) is 5.27. The number of methoxy groups -OCH3 is 1. The zero-order valence-corrected chi connectivity index (χ0v) is 16.0. The van der Waals surface area contributed by atoms with E-state index >= 15 is 0 Å². The summed E-state index contributed by atoms with van der Waals surface area (Å²) in [7, 11) is 3.63. The van der Waals surface area contributed by atoms with Crippen LogP contribution in [0.4, 0.5) is 5.69 Å². The first-order valence-electron chi connectivity index (χ1n) is 7.71. The summed E-state index contributed by atoms with van der Waals surface area (Å²) in [5.41, 5.74) is 2.60. The van der Waals surface area contributed by atoms with E-state index in [1.807, 2.05) is 49.2 Å².